The van der Waals surface area contributed by atoms with Gasteiger partial charge in [-0.1, -0.05) is 0 Å². The van der Waals surface area contributed by atoms with Crippen molar-refractivity contribution in [1.82, 2.24) is 9.91 Å². The van der Waals surface area contributed by atoms with Gasteiger partial charge in [0.15, 0.2) is 0 Å². The fourth-order valence-corrected chi connectivity index (χ4v) is 2.07. The molecule has 1 heterocycles. The largest absolute Gasteiger partial charge is 0.378 e. The van der Waals surface area contributed by atoms with Gasteiger partial charge in [-0.3, -0.25) is 9.80 Å². The minimum Gasteiger partial charge on any atom is -0.378 e. The van der Waals surface area contributed by atoms with Crippen molar-refractivity contribution in [3.63, 3.8) is 0 Å². The van der Waals surface area contributed by atoms with Crippen molar-refractivity contribution in [2.45, 2.75) is 0 Å². The Morgan fingerprint density at radius 3 is 2.16 bits per heavy atom. The Kier molecular flexibility index (Phi) is 3.99. The molecule has 1 saturated heterocycles. The first kappa shape index (κ1) is 13.3. The van der Waals surface area contributed by atoms with Crippen molar-refractivity contribution >= 4 is 11.6 Å². The predicted octanol–water partition coefficient (Wildman–Crippen LogP) is 1.19. The van der Waals surface area contributed by atoms with E-state index in [0.29, 0.717) is 31.7 Å². The molecule has 1 aliphatic heterocycles. The maximum absolute atomic E-state index is 12.3. The molecule has 0 atom stereocenters. The van der Waals surface area contributed by atoms with Gasteiger partial charge >= 0.3 is 0 Å². The van der Waals surface area contributed by atoms with Crippen molar-refractivity contribution < 1.29 is 4.79 Å². The summed E-state index contributed by atoms with van der Waals surface area (Å²) in [6, 6.07) is 7.52. The summed E-state index contributed by atoms with van der Waals surface area (Å²) in [6.07, 6.45) is 0. The summed E-state index contributed by atoms with van der Waals surface area (Å²) in [5.74, 6) is 0.0101. The van der Waals surface area contributed by atoms with Crippen LogP contribution >= 0.6 is 0 Å². The number of hydrogen-bond acceptors (Lipinski definition) is 4. The summed E-state index contributed by atoms with van der Waals surface area (Å²) in [5.41, 5.74) is 1.74. The highest BCUT2D eigenvalue weighted by Crippen LogP contribution is 2.14. The molecule has 1 aromatic rings. The van der Waals surface area contributed by atoms with Crippen LogP contribution in [0, 0.1) is 4.91 Å². The molecule has 2 rings (SSSR count). The molecule has 0 saturated carbocycles. The van der Waals surface area contributed by atoms with Gasteiger partial charge in [-0.05, 0) is 24.3 Å². The second-order valence-electron chi connectivity index (χ2n) is 4.77. The van der Waals surface area contributed by atoms with E-state index in [2.05, 4.69) is 5.29 Å². The minimum absolute atomic E-state index is 0.0101. The predicted molar refractivity (Wildman–Crippen MR) is 74.0 cm³/mol. The van der Waals surface area contributed by atoms with Gasteiger partial charge in [0.25, 0.3) is 5.91 Å². The number of benzene rings is 1. The Hall–Kier alpha value is -2.11. The lowest BCUT2D eigenvalue weighted by molar-refractivity contribution is 0.0639. The van der Waals surface area contributed by atoms with Crippen LogP contribution in [0.1, 0.15) is 10.4 Å². The molecule has 0 N–H and O–H groups in total. The highest BCUT2D eigenvalue weighted by atomic mass is 16.3. The average molecular weight is 262 g/mol. The lowest BCUT2D eigenvalue weighted by atomic mass is 10.1. The number of rotatable bonds is 3. The van der Waals surface area contributed by atoms with Gasteiger partial charge in [0, 0.05) is 38.4 Å². The fraction of sp³-hybridized carbons (Fsp3) is 0.462. The van der Waals surface area contributed by atoms with Crippen LogP contribution in [0.2, 0.25) is 0 Å². The van der Waals surface area contributed by atoms with Crippen molar-refractivity contribution in [1.29, 1.82) is 0 Å². The van der Waals surface area contributed by atoms with E-state index in [9.17, 15) is 9.70 Å². The zero-order chi connectivity index (χ0) is 13.8. The standard InChI is InChI=1S/C13H18N4O2/c1-15(2)12-5-3-11(4-6-12)13(18)16-7-9-17(14-19)10-8-16/h3-6H,7-10H2,1-2H3. The SMILES string of the molecule is CN(C)c1ccc(C(=O)N2CCN(N=O)CC2)cc1. The molecule has 0 radical (unpaired) electrons. The summed E-state index contributed by atoms with van der Waals surface area (Å²) in [4.78, 5) is 26.4. The van der Waals surface area contributed by atoms with E-state index in [1.54, 1.807) is 4.90 Å². The van der Waals surface area contributed by atoms with Crippen LogP contribution < -0.4 is 4.90 Å². The van der Waals surface area contributed by atoms with E-state index in [1.165, 1.54) is 5.01 Å². The number of nitroso groups, excluding NO2 is 1. The minimum atomic E-state index is 0.0101. The molecule has 102 valence electrons. The molecule has 1 aliphatic rings. The molecular weight excluding hydrogens is 244 g/mol. The van der Waals surface area contributed by atoms with E-state index in [0.717, 1.165) is 5.69 Å². The van der Waals surface area contributed by atoms with Crippen LogP contribution in [0.5, 0.6) is 0 Å². The first-order chi connectivity index (χ1) is 9.11. The zero-order valence-corrected chi connectivity index (χ0v) is 11.2. The Morgan fingerprint density at radius 2 is 1.68 bits per heavy atom. The first-order valence-electron chi connectivity index (χ1n) is 6.26. The normalized spacial score (nSPS) is 15.3. The number of piperazine rings is 1. The number of carbonyl (C=O) groups is 1. The third-order valence-electron chi connectivity index (χ3n) is 3.29. The number of hydrogen-bond donors (Lipinski definition) is 0. The molecule has 1 aromatic carbocycles. The molecule has 0 spiro atoms. The maximum Gasteiger partial charge on any atom is 0.253 e. The molecule has 1 fully saturated rings. The summed E-state index contributed by atoms with van der Waals surface area (Å²) in [6.45, 7) is 2.09. The van der Waals surface area contributed by atoms with Crippen molar-refractivity contribution in [3.8, 4) is 0 Å². The lowest BCUT2D eigenvalue weighted by Gasteiger charge is -2.31. The van der Waals surface area contributed by atoms with Gasteiger partial charge in [0.1, 0.15) is 0 Å². The quantitative estimate of drug-likeness (QED) is 0.768. The van der Waals surface area contributed by atoms with Gasteiger partial charge in [0.05, 0.1) is 18.4 Å². The smallest absolute Gasteiger partial charge is 0.253 e. The molecule has 6 heteroatoms. The van der Waals surface area contributed by atoms with Gasteiger partial charge < -0.3 is 9.80 Å². The van der Waals surface area contributed by atoms with E-state index < -0.39 is 0 Å². The van der Waals surface area contributed by atoms with E-state index in [-0.39, 0.29) is 5.91 Å². The summed E-state index contributed by atoms with van der Waals surface area (Å²) < 4.78 is 0. The third kappa shape index (κ3) is 3.01. The molecule has 19 heavy (non-hydrogen) atoms. The highest BCUT2D eigenvalue weighted by Gasteiger charge is 2.21. The summed E-state index contributed by atoms with van der Waals surface area (Å²) in [7, 11) is 3.92. The molecule has 0 aliphatic carbocycles. The fourth-order valence-electron chi connectivity index (χ4n) is 2.07. The van der Waals surface area contributed by atoms with Crippen LogP contribution in [0.25, 0.3) is 0 Å². The molecule has 1 amide bonds. The van der Waals surface area contributed by atoms with Crippen molar-refractivity contribution in [2.24, 2.45) is 5.29 Å². The average Bonchev–Trinajstić information content (AvgIpc) is 2.46. The van der Waals surface area contributed by atoms with Crippen LogP contribution in [0.15, 0.2) is 29.6 Å². The molecular formula is C13H18N4O2. The maximum atomic E-state index is 12.3. The van der Waals surface area contributed by atoms with E-state index in [4.69, 9.17) is 0 Å². The number of anilines is 1. The van der Waals surface area contributed by atoms with Crippen molar-refractivity contribution in [3.05, 3.63) is 34.7 Å². The third-order valence-corrected chi connectivity index (χ3v) is 3.29. The molecule has 0 aromatic heterocycles. The summed E-state index contributed by atoms with van der Waals surface area (Å²) in [5, 5.41) is 4.33. The van der Waals surface area contributed by atoms with Crippen LogP contribution in [0.3, 0.4) is 0 Å². The molecule has 6 nitrogen and oxygen atoms in total. The number of carbonyl (C=O) groups excluding carboxylic acids is 1. The first-order valence-corrected chi connectivity index (χ1v) is 6.26. The number of amides is 1. The van der Waals surface area contributed by atoms with Gasteiger partial charge in [-0.15, -0.1) is 4.91 Å². The topological polar surface area (TPSA) is 56.2 Å². The lowest BCUT2D eigenvalue weighted by Crippen LogP contribution is -2.46. The second-order valence-corrected chi connectivity index (χ2v) is 4.77. The van der Waals surface area contributed by atoms with Gasteiger partial charge in [0.2, 0.25) is 0 Å². The van der Waals surface area contributed by atoms with Gasteiger partial charge in [-0.25, -0.2) is 0 Å². The number of nitrogens with zero attached hydrogens (tertiary/aromatic N) is 4. The van der Waals surface area contributed by atoms with Crippen LogP contribution in [0.4, 0.5) is 5.69 Å². The van der Waals surface area contributed by atoms with Crippen LogP contribution in [-0.4, -0.2) is 56.1 Å². The van der Waals surface area contributed by atoms with Gasteiger partial charge in [-0.2, -0.15) is 0 Å². The Bertz CT molecular complexity index is 450. The Balaban J connectivity index is 2.02. The monoisotopic (exact) mass is 262 g/mol. The Morgan fingerprint density at radius 1 is 1.11 bits per heavy atom. The molecule has 0 bridgehead atoms. The van der Waals surface area contributed by atoms with Crippen molar-refractivity contribution in [2.75, 3.05) is 45.2 Å². The van der Waals surface area contributed by atoms with E-state index in [1.807, 2.05) is 43.3 Å². The Labute approximate surface area is 112 Å². The van der Waals surface area contributed by atoms with E-state index >= 15 is 0 Å². The second kappa shape index (κ2) is 5.69. The zero-order valence-electron chi connectivity index (χ0n) is 11.2. The van der Waals surface area contributed by atoms with Crippen LogP contribution in [-0.2, 0) is 0 Å². The summed E-state index contributed by atoms with van der Waals surface area (Å²) >= 11 is 0. The highest BCUT2D eigenvalue weighted by molar-refractivity contribution is 5.94. The molecule has 0 unspecified atom stereocenters.